The molecule has 1 amide bonds. The van der Waals surface area contributed by atoms with E-state index in [0.29, 0.717) is 19.9 Å². The fourth-order valence-electron chi connectivity index (χ4n) is 3.77. The van der Waals surface area contributed by atoms with Gasteiger partial charge < -0.3 is 19.7 Å². The lowest BCUT2D eigenvalue weighted by atomic mass is 10.1. The fraction of sp³-hybridized carbons (Fsp3) is 0.435. The van der Waals surface area contributed by atoms with Crippen LogP contribution in [0.15, 0.2) is 42.5 Å². The second kappa shape index (κ2) is 9.36. The molecule has 1 saturated heterocycles. The highest BCUT2D eigenvalue weighted by molar-refractivity contribution is 5.78. The standard InChI is InChI=1S/C23H30N4O3/c1-25(2)20-6-3-18(4-7-20)14-24-23(28)16-27-11-9-26(10-12-27)15-19-5-8-21-22(13-19)30-17-29-21/h3-8,13H,9-12,14-17H2,1-2H3,(H,24,28). The van der Waals surface area contributed by atoms with Crippen LogP contribution in [0.5, 0.6) is 11.5 Å². The zero-order chi connectivity index (χ0) is 20.9. The molecule has 30 heavy (non-hydrogen) atoms. The fourth-order valence-corrected chi connectivity index (χ4v) is 3.77. The van der Waals surface area contributed by atoms with Crippen LogP contribution in [0.3, 0.4) is 0 Å². The Bertz CT molecular complexity index is 861. The van der Waals surface area contributed by atoms with Crippen LogP contribution in [-0.2, 0) is 17.9 Å². The van der Waals surface area contributed by atoms with E-state index in [1.807, 2.05) is 20.2 Å². The quantitative estimate of drug-likeness (QED) is 0.753. The van der Waals surface area contributed by atoms with Crippen molar-refractivity contribution < 1.29 is 14.3 Å². The minimum absolute atomic E-state index is 0.0795. The van der Waals surface area contributed by atoms with Gasteiger partial charge in [0.15, 0.2) is 11.5 Å². The number of ether oxygens (including phenoxy) is 2. The highest BCUT2D eigenvalue weighted by Gasteiger charge is 2.20. The van der Waals surface area contributed by atoms with Crippen molar-refractivity contribution in [1.82, 2.24) is 15.1 Å². The Balaban J connectivity index is 1.17. The van der Waals surface area contributed by atoms with Gasteiger partial charge in [-0.1, -0.05) is 18.2 Å². The molecule has 0 bridgehead atoms. The molecule has 7 nitrogen and oxygen atoms in total. The van der Waals surface area contributed by atoms with Crippen molar-refractivity contribution in [1.29, 1.82) is 0 Å². The molecule has 0 atom stereocenters. The highest BCUT2D eigenvalue weighted by atomic mass is 16.7. The second-order valence-corrected chi connectivity index (χ2v) is 8.08. The zero-order valence-electron chi connectivity index (χ0n) is 17.8. The van der Waals surface area contributed by atoms with Crippen molar-refractivity contribution in [3.63, 3.8) is 0 Å². The molecule has 2 heterocycles. The summed E-state index contributed by atoms with van der Waals surface area (Å²) < 4.78 is 10.8. The summed E-state index contributed by atoms with van der Waals surface area (Å²) in [6.07, 6.45) is 0. The predicted molar refractivity (Wildman–Crippen MR) is 117 cm³/mol. The molecule has 2 aliphatic rings. The number of carbonyl (C=O) groups is 1. The largest absolute Gasteiger partial charge is 0.454 e. The normalized spacial score (nSPS) is 16.5. The van der Waals surface area contributed by atoms with Crippen molar-refractivity contribution in [3.8, 4) is 11.5 Å². The van der Waals surface area contributed by atoms with E-state index < -0.39 is 0 Å². The molecular formula is C23H30N4O3. The first kappa shape index (κ1) is 20.5. The SMILES string of the molecule is CN(C)c1ccc(CNC(=O)CN2CCN(Cc3ccc4c(c3)OCO4)CC2)cc1. The van der Waals surface area contributed by atoms with Gasteiger partial charge in [-0.25, -0.2) is 0 Å². The summed E-state index contributed by atoms with van der Waals surface area (Å²) in [7, 11) is 4.04. The number of rotatable bonds is 7. The van der Waals surface area contributed by atoms with Crippen molar-refractivity contribution in [3.05, 3.63) is 53.6 Å². The summed E-state index contributed by atoms with van der Waals surface area (Å²) in [5.74, 6) is 1.73. The van der Waals surface area contributed by atoms with E-state index in [2.05, 4.69) is 56.4 Å². The second-order valence-electron chi connectivity index (χ2n) is 8.08. The van der Waals surface area contributed by atoms with Crippen LogP contribution in [0.4, 0.5) is 5.69 Å². The molecule has 7 heteroatoms. The third kappa shape index (κ3) is 5.23. The van der Waals surface area contributed by atoms with Crippen LogP contribution < -0.4 is 19.7 Å². The van der Waals surface area contributed by atoms with Gasteiger partial charge in [-0.15, -0.1) is 0 Å². The molecule has 2 aliphatic heterocycles. The number of benzene rings is 2. The van der Waals surface area contributed by atoms with E-state index in [1.165, 1.54) is 5.56 Å². The lowest BCUT2D eigenvalue weighted by Crippen LogP contribution is -2.49. The lowest BCUT2D eigenvalue weighted by Gasteiger charge is -2.34. The Kier molecular flexibility index (Phi) is 6.40. The first-order chi connectivity index (χ1) is 14.6. The maximum Gasteiger partial charge on any atom is 0.234 e. The van der Waals surface area contributed by atoms with Crippen LogP contribution in [-0.4, -0.2) is 69.3 Å². The number of nitrogens with zero attached hydrogens (tertiary/aromatic N) is 3. The Morgan fingerprint density at radius 2 is 1.60 bits per heavy atom. The molecule has 0 aromatic heterocycles. The van der Waals surface area contributed by atoms with Gasteiger partial charge >= 0.3 is 0 Å². The third-order valence-electron chi connectivity index (χ3n) is 5.62. The number of carbonyl (C=O) groups excluding carboxylic acids is 1. The third-order valence-corrected chi connectivity index (χ3v) is 5.62. The van der Waals surface area contributed by atoms with E-state index in [9.17, 15) is 4.79 Å². The summed E-state index contributed by atoms with van der Waals surface area (Å²) in [6, 6.07) is 14.4. The summed E-state index contributed by atoms with van der Waals surface area (Å²) in [4.78, 5) is 19.0. The number of hydrogen-bond acceptors (Lipinski definition) is 6. The Labute approximate surface area is 178 Å². The monoisotopic (exact) mass is 410 g/mol. The summed E-state index contributed by atoms with van der Waals surface area (Å²) in [6.45, 7) is 5.91. The molecule has 1 fully saturated rings. The summed E-state index contributed by atoms with van der Waals surface area (Å²) in [5, 5.41) is 3.04. The minimum Gasteiger partial charge on any atom is -0.454 e. The highest BCUT2D eigenvalue weighted by Crippen LogP contribution is 2.32. The maximum absolute atomic E-state index is 12.3. The Morgan fingerprint density at radius 1 is 0.933 bits per heavy atom. The van der Waals surface area contributed by atoms with Crippen LogP contribution in [0.1, 0.15) is 11.1 Å². The number of hydrogen-bond donors (Lipinski definition) is 1. The number of nitrogens with one attached hydrogen (secondary N) is 1. The number of amides is 1. The predicted octanol–water partition coefficient (Wildman–Crippen LogP) is 1.92. The van der Waals surface area contributed by atoms with E-state index in [0.717, 1.165) is 55.5 Å². The molecule has 4 rings (SSSR count). The molecule has 0 unspecified atom stereocenters. The molecule has 1 N–H and O–H groups in total. The maximum atomic E-state index is 12.3. The van der Waals surface area contributed by atoms with Crippen LogP contribution in [0.25, 0.3) is 0 Å². The van der Waals surface area contributed by atoms with E-state index in [4.69, 9.17) is 9.47 Å². The van der Waals surface area contributed by atoms with E-state index in [1.54, 1.807) is 0 Å². The van der Waals surface area contributed by atoms with E-state index in [-0.39, 0.29) is 5.91 Å². The molecule has 0 aliphatic carbocycles. The van der Waals surface area contributed by atoms with Crippen LogP contribution >= 0.6 is 0 Å². The zero-order valence-corrected chi connectivity index (χ0v) is 17.8. The smallest absolute Gasteiger partial charge is 0.234 e. The van der Waals surface area contributed by atoms with Crippen molar-refractivity contribution in [2.24, 2.45) is 0 Å². The van der Waals surface area contributed by atoms with Crippen molar-refractivity contribution in [2.75, 3.05) is 58.5 Å². The topological polar surface area (TPSA) is 57.3 Å². The van der Waals surface area contributed by atoms with Gasteiger partial charge in [0.05, 0.1) is 6.54 Å². The van der Waals surface area contributed by atoms with Gasteiger partial charge in [-0.05, 0) is 35.4 Å². The molecule has 0 radical (unpaired) electrons. The first-order valence-corrected chi connectivity index (χ1v) is 10.4. The molecule has 160 valence electrons. The van der Waals surface area contributed by atoms with Gasteiger partial charge in [0.25, 0.3) is 0 Å². The van der Waals surface area contributed by atoms with Crippen LogP contribution in [0, 0.1) is 0 Å². The Morgan fingerprint density at radius 3 is 2.33 bits per heavy atom. The average Bonchev–Trinajstić information content (AvgIpc) is 3.22. The first-order valence-electron chi connectivity index (χ1n) is 10.4. The average molecular weight is 411 g/mol. The molecule has 0 spiro atoms. The molecular weight excluding hydrogens is 380 g/mol. The van der Waals surface area contributed by atoms with Crippen molar-refractivity contribution >= 4 is 11.6 Å². The lowest BCUT2D eigenvalue weighted by molar-refractivity contribution is -0.122. The summed E-state index contributed by atoms with van der Waals surface area (Å²) >= 11 is 0. The summed E-state index contributed by atoms with van der Waals surface area (Å²) in [5.41, 5.74) is 3.50. The van der Waals surface area contributed by atoms with Gasteiger partial charge in [-0.2, -0.15) is 0 Å². The van der Waals surface area contributed by atoms with Crippen molar-refractivity contribution in [2.45, 2.75) is 13.1 Å². The number of fused-ring (bicyclic) bond motifs is 1. The van der Waals surface area contributed by atoms with E-state index >= 15 is 0 Å². The van der Waals surface area contributed by atoms with Gasteiger partial charge in [0.1, 0.15) is 0 Å². The molecule has 2 aromatic rings. The van der Waals surface area contributed by atoms with Gasteiger partial charge in [0.2, 0.25) is 12.7 Å². The molecule has 2 aromatic carbocycles. The minimum atomic E-state index is 0.0795. The Hall–Kier alpha value is -2.77. The molecule has 0 saturated carbocycles. The van der Waals surface area contributed by atoms with Gasteiger partial charge in [0, 0.05) is 59.1 Å². The van der Waals surface area contributed by atoms with Gasteiger partial charge in [-0.3, -0.25) is 14.6 Å². The number of anilines is 1. The van der Waals surface area contributed by atoms with Crippen LogP contribution in [0.2, 0.25) is 0 Å². The number of piperazine rings is 1.